The Bertz CT molecular complexity index is 635. The van der Waals surface area contributed by atoms with Crippen molar-refractivity contribution in [3.05, 3.63) is 71.8 Å². The highest BCUT2D eigenvalue weighted by Crippen LogP contribution is 2.29. The van der Waals surface area contributed by atoms with Crippen molar-refractivity contribution in [2.24, 2.45) is 0 Å². The lowest BCUT2D eigenvalue weighted by Crippen LogP contribution is -2.50. The van der Waals surface area contributed by atoms with Gasteiger partial charge in [-0.2, -0.15) is 0 Å². The van der Waals surface area contributed by atoms with E-state index in [0.29, 0.717) is 19.4 Å². The molecule has 0 aromatic heterocycles. The maximum atomic E-state index is 12.2. The van der Waals surface area contributed by atoms with Gasteiger partial charge in [0.25, 0.3) is 0 Å². The van der Waals surface area contributed by atoms with Gasteiger partial charge in [0.15, 0.2) is 0 Å². The molecule has 0 spiro atoms. The highest BCUT2D eigenvalue weighted by molar-refractivity contribution is 5.75. The molecule has 1 N–H and O–H groups in total. The van der Waals surface area contributed by atoms with E-state index in [9.17, 15) is 9.90 Å². The second-order valence-electron chi connectivity index (χ2n) is 6.59. The number of piperidine rings is 1. The SMILES string of the molecule is COC(=O)[C@H]1C[C@@H](O)CCN1CC(c1ccccc1)c1ccccc1. The number of aliphatic hydroxyl groups is 1. The third-order valence-electron chi connectivity index (χ3n) is 4.98. The van der Waals surface area contributed by atoms with Crippen LogP contribution >= 0.6 is 0 Å². The summed E-state index contributed by atoms with van der Waals surface area (Å²) in [5.74, 6) is -0.0941. The molecule has 132 valence electrons. The number of carbonyl (C=O) groups is 1. The molecule has 25 heavy (non-hydrogen) atoms. The normalized spacial score (nSPS) is 21.2. The summed E-state index contributed by atoms with van der Waals surface area (Å²) in [6, 6.07) is 20.3. The molecule has 2 aromatic carbocycles. The van der Waals surface area contributed by atoms with Gasteiger partial charge in [-0.05, 0) is 24.0 Å². The third kappa shape index (κ3) is 4.27. The van der Waals surface area contributed by atoms with E-state index < -0.39 is 6.10 Å². The first-order chi connectivity index (χ1) is 12.2. The second kappa shape index (κ2) is 8.28. The van der Waals surface area contributed by atoms with Crippen molar-refractivity contribution in [3.63, 3.8) is 0 Å². The number of likely N-dealkylation sites (tertiary alicyclic amines) is 1. The van der Waals surface area contributed by atoms with E-state index >= 15 is 0 Å². The number of aliphatic hydroxyl groups excluding tert-OH is 1. The highest BCUT2D eigenvalue weighted by Gasteiger charge is 2.35. The number of methoxy groups -OCH3 is 1. The molecule has 4 nitrogen and oxygen atoms in total. The lowest BCUT2D eigenvalue weighted by molar-refractivity contribution is -0.150. The minimum Gasteiger partial charge on any atom is -0.468 e. The summed E-state index contributed by atoms with van der Waals surface area (Å²) in [6.07, 6.45) is 0.680. The number of ether oxygens (including phenoxy) is 1. The molecule has 0 unspecified atom stereocenters. The second-order valence-corrected chi connectivity index (χ2v) is 6.59. The summed E-state index contributed by atoms with van der Waals surface area (Å²) in [5, 5.41) is 9.98. The summed E-state index contributed by atoms with van der Waals surface area (Å²) in [4.78, 5) is 14.4. The molecular weight excluding hydrogens is 314 g/mol. The molecule has 0 bridgehead atoms. The lowest BCUT2D eigenvalue weighted by atomic mass is 9.89. The average molecular weight is 339 g/mol. The number of rotatable bonds is 5. The smallest absolute Gasteiger partial charge is 0.323 e. The van der Waals surface area contributed by atoms with Gasteiger partial charge in [0.2, 0.25) is 0 Å². The molecular formula is C21H25NO3. The minimum atomic E-state index is -0.438. The highest BCUT2D eigenvalue weighted by atomic mass is 16.5. The number of carbonyl (C=O) groups excluding carboxylic acids is 1. The summed E-state index contributed by atoms with van der Waals surface area (Å²) in [6.45, 7) is 1.41. The molecule has 2 atom stereocenters. The van der Waals surface area contributed by atoms with E-state index in [1.54, 1.807) is 0 Å². The summed E-state index contributed by atoms with van der Waals surface area (Å²) in [5.41, 5.74) is 2.45. The van der Waals surface area contributed by atoms with Gasteiger partial charge >= 0.3 is 5.97 Å². The van der Waals surface area contributed by atoms with Crippen LogP contribution in [0.4, 0.5) is 0 Å². The van der Waals surface area contributed by atoms with E-state index in [-0.39, 0.29) is 17.9 Å². The first-order valence-electron chi connectivity index (χ1n) is 8.79. The van der Waals surface area contributed by atoms with E-state index in [4.69, 9.17) is 4.74 Å². The van der Waals surface area contributed by atoms with Crippen molar-refractivity contribution >= 4 is 5.97 Å². The van der Waals surface area contributed by atoms with Crippen molar-refractivity contribution < 1.29 is 14.6 Å². The number of benzene rings is 2. The molecule has 4 heteroatoms. The predicted octanol–water partition coefficient (Wildman–Crippen LogP) is 2.82. The van der Waals surface area contributed by atoms with Crippen LogP contribution in [0.15, 0.2) is 60.7 Å². The van der Waals surface area contributed by atoms with Crippen molar-refractivity contribution in [3.8, 4) is 0 Å². The predicted molar refractivity (Wildman–Crippen MR) is 97.3 cm³/mol. The fraction of sp³-hybridized carbons (Fsp3) is 0.381. The van der Waals surface area contributed by atoms with Gasteiger partial charge in [-0.1, -0.05) is 60.7 Å². The Hall–Kier alpha value is -2.17. The standard InChI is InChI=1S/C21H25NO3/c1-25-21(24)20-14-18(23)12-13-22(20)15-19(16-8-4-2-5-9-16)17-10-6-3-7-11-17/h2-11,18-20,23H,12-15H2,1H3/t18-,20+/m0/s1. The fourth-order valence-corrected chi connectivity index (χ4v) is 3.60. The zero-order chi connectivity index (χ0) is 17.6. The summed E-state index contributed by atoms with van der Waals surface area (Å²) >= 11 is 0. The quantitative estimate of drug-likeness (QED) is 0.851. The average Bonchev–Trinajstić information content (AvgIpc) is 2.67. The Balaban J connectivity index is 1.88. The molecule has 0 amide bonds. The molecule has 1 saturated heterocycles. The van der Waals surface area contributed by atoms with Crippen LogP contribution < -0.4 is 0 Å². The monoisotopic (exact) mass is 339 g/mol. The number of hydrogen-bond acceptors (Lipinski definition) is 4. The van der Waals surface area contributed by atoms with Gasteiger partial charge in [0.05, 0.1) is 13.2 Å². The van der Waals surface area contributed by atoms with Crippen LogP contribution in [-0.2, 0) is 9.53 Å². The number of esters is 1. The van der Waals surface area contributed by atoms with Crippen LogP contribution in [-0.4, -0.2) is 48.3 Å². The zero-order valence-corrected chi connectivity index (χ0v) is 14.5. The topological polar surface area (TPSA) is 49.8 Å². The van der Waals surface area contributed by atoms with E-state index in [2.05, 4.69) is 29.2 Å². The first-order valence-corrected chi connectivity index (χ1v) is 8.79. The Morgan fingerprint density at radius 3 is 2.20 bits per heavy atom. The number of hydrogen-bond donors (Lipinski definition) is 1. The van der Waals surface area contributed by atoms with Gasteiger partial charge in [-0.3, -0.25) is 9.69 Å². The molecule has 0 aliphatic carbocycles. The van der Waals surface area contributed by atoms with Gasteiger partial charge in [0, 0.05) is 19.0 Å². The molecule has 3 rings (SSSR count). The summed E-state index contributed by atoms with van der Waals surface area (Å²) in [7, 11) is 1.41. The molecule has 1 aliphatic rings. The van der Waals surface area contributed by atoms with Crippen LogP contribution in [0, 0.1) is 0 Å². The zero-order valence-electron chi connectivity index (χ0n) is 14.5. The Kier molecular flexibility index (Phi) is 5.84. The molecule has 1 aliphatic heterocycles. The Morgan fingerprint density at radius 2 is 1.68 bits per heavy atom. The van der Waals surface area contributed by atoms with Crippen LogP contribution in [0.25, 0.3) is 0 Å². The molecule has 1 fully saturated rings. The van der Waals surface area contributed by atoms with Gasteiger partial charge in [0.1, 0.15) is 6.04 Å². The van der Waals surface area contributed by atoms with Crippen molar-refractivity contribution in [2.45, 2.75) is 30.9 Å². The largest absolute Gasteiger partial charge is 0.468 e. The van der Waals surface area contributed by atoms with Crippen LogP contribution in [0.2, 0.25) is 0 Å². The van der Waals surface area contributed by atoms with Gasteiger partial charge in [-0.25, -0.2) is 0 Å². The van der Waals surface area contributed by atoms with Crippen LogP contribution in [0.5, 0.6) is 0 Å². The number of nitrogens with zero attached hydrogens (tertiary/aromatic N) is 1. The van der Waals surface area contributed by atoms with Crippen LogP contribution in [0.1, 0.15) is 29.9 Å². The van der Waals surface area contributed by atoms with Gasteiger partial charge in [-0.15, -0.1) is 0 Å². The van der Waals surface area contributed by atoms with Crippen LogP contribution in [0.3, 0.4) is 0 Å². The van der Waals surface area contributed by atoms with E-state index in [1.807, 2.05) is 36.4 Å². The third-order valence-corrected chi connectivity index (χ3v) is 4.98. The molecule has 2 aromatic rings. The molecule has 0 saturated carbocycles. The maximum absolute atomic E-state index is 12.2. The Morgan fingerprint density at radius 1 is 1.12 bits per heavy atom. The first kappa shape index (κ1) is 17.6. The van der Waals surface area contributed by atoms with Crippen molar-refractivity contribution in [2.75, 3.05) is 20.2 Å². The Labute approximate surface area is 149 Å². The van der Waals surface area contributed by atoms with Crippen molar-refractivity contribution in [1.82, 2.24) is 4.90 Å². The lowest BCUT2D eigenvalue weighted by Gasteiger charge is -2.38. The minimum absolute atomic E-state index is 0.171. The molecule has 1 heterocycles. The van der Waals surface area contributed by atoms with E-state index in [0.717, 1.165) is 6.54 Å². The van der Waals surface area contributed by atoms with E-state index in [1.165, 1.54) is 18.2 Å². The fourth-order valence-electron chi connectivity index (χ4n) is 3.60. The van der Waals surface area contributed by atoms with Gasteiger partial charge < -0.3 is 9.84 Å². The maximum Gasteiger partial charge on any atom is 0.323 e. The molecule has 0 radical (unpaired) electrons. The van der Waals surface area contributed by atoms with Crippen molar-refractivity contribution in [1.29, 1.82) is 0 Å². The summed E-state index contributed by atoms with van der Waals surface area (Å²) < 4.78 is 4.97.